The summed E-state index contributed by atoms with van der Waals surface area (Å²) < 4.78 is 0. The van der Waals surface area contributed by atoms with Gasteiger partial charge in [0.15, 0.2) is 0 Å². The van der Waals surface area contributed by atoms with Crippen LogP contribution in [0.25, 0.3) is 0 Å². The van der Waals surface area contributed by atoms with Crippen molar-refractivity contribution in [2.45, 2.75) is 0 Å². The number of benzene rings is 2. The van der Waals surface area contributed by atoms with Gasteiger partial charge < -0.3 is 15.5 Å². The van der Waals surface area contributed by atoms with E-state index in [1.807, 2.05) is 0 Å². The summed E-state index contributed by atoms with van der Waals surface area (Å²) in [6, 6.07) is 10.4. The maximum Gasteiger partial charge on any atom is 0.259 e. The van der Waals surface area contributed by atoms with Crippen molar-refractivity contribution in [2.24, 2.45) is 0 Å². The molecule has 18 heavy (non-hydrogen) atoms. The predicted molar refractivity (Wildman–Crippen MR) is 69.2 cm³/mol. The third-order valence-corrected chi connectivity index (χ3v) is 2.58. The minimum atomic E-state index is -0.463. The molecule has 2 rings (SSSR count). The lowest BCUT2D eigenvalue weighted by molar-refractivity contribution is 0.102. The zero-order valence-corrected chi connectivity index (χ0v) is 9.98. The number of carbonyl (C=O) groups excluding carboxylic acids is 1. The largest absolute Gasteiger partial charge is 0.508 e. The molecule has 0 aliphatic carbocycles. The van der Waals surface area contributed by atoms with Crippen LogP contribution in [0.5, 0.6) is 11.5 Å². The number of phenolic OH excluding ortho intramolecular Hbond substituents is 2. The molecule has 92 valence electrons. The predicted octanol–water partition coefficient (Wildman–Crippen LogP) is 3.00. The molecule has 0 aliphatic rings. The zero-order valence-electron chi connectivity index (χ0n) is 9.22. The van der Waals surface area contributed by atoms with Crippen molar-refractivity contribution < 1.29 is 15.0 Å². The van der Waals surface area contributed by atoms with Gasteiger partial charge in [-0.25, -0.2) is 0 Å². The molecular weight excluding hydrogens is 254 g/mol. The Kier molecular flexibility index (Phi) is 3.39. The van der Waals surface area contributed by atoms with E-state index >= 15 is 0 Å². The first-order valence-electron chi connectivity index (χ1n) is 5.15. The smallest absolute Gasteiger partial charge is 0.259 e. The number of aromatic hydroxyl groups is 2. The summed E-state index contributed by atoms with van der Waals surface area (Å²) in [5, 5.41) is 21.9. The lowest BCUT2D eigenvalue weighted by atomic mass is 10.1. The van der Waals surface area contributed by atoms with Crippen molar-refractivity contribution in [2.75, 3.05) is 5.32 Å². The maximum absolute atomic E-state index is 11.8. The van der Waals surface area contributed by atoms with Crippen LogP contribution in [0.1, 0.15) is 10.4 Å². The van der Waals surface area contributed by atoms with E-state index in [4.69, 9.17) is 16.7 Å². The standard InChI is InChI=1S/C13H10ClNO3/c14-8-1-3-9(4-2-8)15-13(18)11-6-5-10(16)7-12(11)17/h1-7,16-17H,(H,15,18). The van der Waals surface area contributed by atoms with Crippen molar-refractivity contribution in [1.82, 2.24) is 0 Å². The van der Waals surface area contributed by atoms with Crippen molar-refractivity contribution in [1.29, 1.82) is 0 Å². The number of hydrogen-bond donors (Lipinski definition) is 3. The van der Waals surface area contributed by atoms with Crippen LogP contribution < -0.4 is 5.32 Å². The van der Waals surface area contributed by atoms with Gasteiger partial charge in [-0.1, -0.05) is 11.6 Å². The minimum Gasteiger partial charge on any atom is -0.508 e. The lowest BCUT2D eigenvalue weighted by Gasteiger charge is -2.07. The van der Waals surface area contributed by atoms with Gasteiger partial charge in [0.2, 0.25) is 0 Å². The lowest BCUT2D eigenvalue weighted by Crippen LogP contribution is -2.11. The van der Waals surface area contributed by atoms with Crippen LogP contribution in [-0.2, 0) is 0 Å². The highest BCUT2D eigenvalue weighted by atomic mass is 35.5. The number of rotatable bonds is 2. The Morgan fingerprint density at radius 1 is 1.06 bits per heavy atom. The van der Waals surface area contributed by atoms with Gasteiger partial charge in [0.05, 0.1) is 5.56 Å². The van der Waals surface area contributed by atoms with Gasteiger partial charge in [-0.15, -0.1) is 0 Å². The Hall–Kier alpha value is -2.20. The summed E-state index contributed by atoms with van der Waals surface area (Å²) in [6.07, 6.45) is 0. The molecule has 0 atom stereocenters. The molecule has 0 heterocycles. The quantitative estimate of drug-likeness (QED) is 0.780. The van der Waals surface area contributed by atoms with Crippen LogP contribution in [-0.4, -0.2) is 16.1 Å². The van der Waals surface area contributed by atoms with E-state index in [1.165, 1.54) is 12.1 Å². The highest BCUT2D eigenvalue weighted by molar-refractivity contribution is 6.30. The van der Waals surface area contributed by atoms with E-state index in [0.717, 1.165) is 6.07 Å². The summed E-state index contributed by atoms with van der Waals surface area (Å²) in [4.78, 5) is 11.8. The van der Waals surface area contributed by atoms with Crippen LogP contribution >= 0.6 is 11.6 Å². The van der Waals surface area contributed by atoms with Crippen LogP contribution in [0, 0.1) is 0 Å². The number of halogens is 1. The van der Waals surface area contributed by atoms with Crippen LogP contribution in [0.3, 0.4) is 0 Å². The molecule has 0 saturated heterocycles. The molecule has 0 aromatic heterocycles. The number of nitrogens with one attached hydrogen (secondary N) is 1. The van der Waals surface area contributed by atoms with Gasteiger partial charge in [0, 0.05) is 16.8 Å². The summed E-state index contributed by atoms with van der Waals surface area (Å²) in [5.41, 5.74) is 0.652. The van der Waals surface area contributed by atoms with Gasteiger partial charge in [-0.2, -0.15) is 0 Å². The molecule has 0 fully saturated rings. The van der Waals surface area contributed by atoms with Crippen LogP contribution in [0.15, 0.2) is 42.5 Å². The Balaban J connectivity index is 2.19. The van der Waals surface area contributed by atoms with Crippen molar-refractivity contribution in [3.63, 3.8) is 0 Å². The van der Waals surface area contributed by atoms with E-state index in [1.54, 1.807) is 24.3 Å². The van der Waals surface area contributed by atoms with E-state index in [2.05, 4.69) is 5.32 Å². The number of anilines is 1. The molecule has 5 heteroatoms. The van der Waals surface area contributed by atoms with Crippen molar-refractivity contribution >= 4 is 23.2 Å². The van der Waals surface area contributed by atoms with E-state index in [-0.39, 0.29) is 17.1 Å². The normalized spacial score (nSPS) is 10.1. The molecule has 2 aromatic rings. The second kappa shape index (κ2) is 4.98. The molecule has 0 unspecified atom stereocenters. The van der Waals surface area contributed by atoms with Crippen molar-refractivity contribution in [3.05, 3.63) is 53.1 Å². The summed E-state index contributed by atoms with van der Waals surface area (Å²) in [5.74, 6) is -0.841. The molecule has 3 N–H and O–H groups in total. The summed E-state index contributed by atoms with van der Waals surface area (Å²) in [6.45, 7) is 0. The average Bonchev–Trinajstić information content (AvgIpc) is 2.32. The monoisotopic (exact) mass is 263 g/mol. The van der Waals surface area contributed by atoms with Gasteiger partial charge >= 0.3 is 0 Å². The number of phenols is 2. The fourth-order valence-electron chi connectivity index (χ4n) is 1.44. The molecule has 2 aromatic carbocycles. The van der Waals surface area contributed by atoms with E-state index in [0.29, 0.717) is 10.7 Å². The molecule has 0 aliphatic heterocycles. The van der Waals surface area contributed by atoms with Crippen molar-refractivity contribution in [3.8, 4) is 11.5 Å². The third kappa shape index (κ3) is 2.73. The minimum absolute atomic E-state index is 0.0859. The molecule has 0 radical (unpaired) electrons. The van der Waals surface area contributed by atoms with E-state index < -0.39 is 5.91 Å². The third-order valence-electron chi connectivity index (χ3n) is 2.33. The molecular formula is C13H10ClNO3. The van der Waals surface area contributed by atoms with Gasteiger partial charge in [0.25, 0.3) is 5.91 Å². The molecule has 0 saturated carbocycles. The molecule has 1 amide bonds. The van der Waals surface area contributed by atoms with Crippen LogP contribution in [0.4, 0.5) is 5.69 Å². The second-order valence-electron chi connectivity index (χ2n) is 3.66. The summed E-state index contributed by atoms with van der Waals surface area (Å²) in [7, 11) is 0. The molecule has 0 spiro atoms. The Bertz CT molecular complexity index is 581. The van der Waals surface area contributed by atoms with Crippen LogP contribution in [0.2, 0.25) is 5.02 Å². The Morgan fingerprint density at radius 2 is 1.72 bits per heavy atom. The molecule has 4 nitrogen and oxygen atoms in total. The first-order valence-corrected chi connectivity index (χ1v) is 5.53. The SMILES string of the molecule is O=C(Nc1ccc(Cl)cc1)c1ccc(O)cc1O. The summed E-state index contributed by atoms with van der Waals surface area (Å²) >= 11 is 5.73. The number of amides is 1. The number of carbonyl (C=O) groups is 1. The first kappa shape index (κ1) is 12.3. The fraction of sp³-hybridized carbons (Fsp3) is 0. The maximum atomic E-state index is 11.8. The average molecular weight is 264 g/mol. The topological polar surface area (TPSA) is 69.6 Å². The van der Waals surface area contributed by atoms with Gasteiger partial charge in [-0.05, 0) is 36.4 Å². The fourth-order valence-corrected chi connectivity index (χ4v) is 1.57. The highest BCUT2D eigenvalue weighted by Crippen LogP contribution is 2.23. The van der Waals surface area contributed by atoms with Gasteiger partial charge in [-0.3, -0.25) is 4.79 Å². The first-order chi connectivity index (χ1) is 8.56. The van der Waals surface area contributed by atoms with E-state index in [9.17, 15) is 9.90 Å². The highest BCUT2D eigenvalue weighted by Gasteiger charge is 2.11. The Morgan fingerprint density at radius 3 is 2.33 bits per heavy atom. The zero-order chi connectivity index (χ0) is 13.1. The molecule has 0 bridgehead atoms. The Labute approximate surface area is 108 Å². The van der Waals surface area contributed by atoms with Gasteiger partial charge in [0.1, 0.15) is 11.5 Å². The number of hydrogen-bond acceptors (Lipinski definition) is 3. The second-order valence-corrected chi connectivity index (χ2v) is 4.10.